The van der Waals surface area contributed by atoms with Crippen LogP contribution in [0.25, 0.3) is 0 Å². The maximum absolute atomic E-state index is 13.1. The lowest BCUT2D eigenvalue weighted by Crippen LogP contribution is -2.16. The summed E-state index contributed by atoms with van der Waals surface area (Å²) in [6.45, 7) is 3.95. The summed E-state index contributed by atoms with van der Waals surface area (Å²) in [7, 11) is 0. The molecule has 1 rings (SSSR count). The van der Waals surface area contributed by atoms with Crippen molar-refractivity contribution in [1.82, 2.24) is 5.32 Å². The smallest absolute Gasteiger partial charge is 0.315 e. The van der Waals surface area contributed by atoms with Crippen LogP contribution in [0.15, 0.2) is 16.6 Å². The Kier molecular flexibility index (Phi) is 6.00. The number of nitro benzene ring substituents is 1. The molecule has 0 aliphatic heterocycles. The van der Waals surface area contributed by atoms with E-state index in [9.17, 15) is 14.5 Å². The number of ether oxygens (including phenoxy) is 1. The Bertz CT molecular complexity index is 429. The maximum Gasteiger partial charge on any atom is 0.315 e. The summed E-state index contributed by atoms with van der Waals surface area (Å²) in [5, 5.41) is 13.9. The first-order chi connectivity index (χ1) is 8.56. The van der Waals surface area contributed by atoms with E-state index in [-0.39, 0.29) is 15.9 Å². The third-order valence-electron chi connectivity index (χ3n) is 2.18. The van der Waals surface area contributed by atoms with Crippen molar-refractivity contribution in [3.05, 3.63) is 32.5 Å². The molecule has 1 N–H and O–H groups in total. The van der Waals surface area contributed by atoms with Crippen molar-refractivity contribution in [3.63, 3.8) is 0 Å². The molecule has 0 fully saturated rings. The van der Waals surface area contributed by atoms with Crippen LogP contribution in [-0.2, 0) is 0 Å². The third-order valence-corrected chi connectivity index (χ3v) is 2.77. The normalized spacial score (nSPS) is 10.4. The van der Waals surface area contributed by atoms with Gasteiger partial charge in [-0.25, -0.2) is 4.39 Å². The van der Waals surface area contributed by atoms with Crippen molar-refractivity contribution in [2.24, 2.45) is 0 Å². The van der Waals surface area contributed by atoms with Gasteiger partial charge in [-0.3, -0.25) is 10.1 Å². The standard InChI is InChI=1S/C11H14BrFN2O3/c1-2-14-4-3-5-18-11-9(12)6-8(13)7-10(11)15(16)17/h6-7,14H,2-5H2,1H3. The van der Waals surface area contributed by atoms with Gasteiger partial charge >= 0.3 is 5.69 Å². The van der Waals surface area contributed by atoms with Gasteiger partial charge in [0.25, 0.3) is 0 Å². The van der Waals surface area contributed by atoms with Gasteiger partial charge < -0.3 is 10.1 Å². The number of nitrogens with one attached hydrogen (secondary N) is 1. The lowest BCUT2D eigenvalue weighted by Gasteiger charge is -2.09. The fraction of sp³-hybridized carbons (Fsp3) is 0.455. The largest absolute Gasteiger partial charge is 0.486 e. The van der Waals surface area contributed by atoms with Gasteiger partial charge in [-0.2, -0.15) is 0 Å². The van der Waals surface area contributed by atoms with Crippen LogP contribution in [0, 0.1) is 15.9 Å². The summed E-state index contributed by atoms with van der Waals surface area (Å²) >= 11 is 3.06. The minimum Gasteiger partial charge on any atom is -0.486 e. The quantitative estimate of drug-likeness (QED) is 0.476. The van der Waals surface area contributed by atoms with Crippen molar-refractivity contribution in [1.29, 1.82) is 0 Å². The molecule has 0 spiro atoms. The minimum atomic E-state index is -0.673. The molecule has 5 nitrogen and oxygen atoms in total. The van der Waals surface area contributed by atoms with E-state index in [4.69, 9.17) is 4.74 Å². The van der Waals surface area contributed by atoms with E-state index in [1.165, 1.54) is 0 Å². The summed E-state index contributed by atoms with van der Waals surface area (Å²) < 4.78 is 18.6. The van der Waals surface area contributed by atoms with Crippen LogP contribution in [0.5, 0.6) is 5.75 Å². The molecule has 0 aromatic heterocycles. The van der Waals surface area contributed by atoms with Gasteiger partial charge in [0.15, 0.2) is 0 Å². The van der Waals surface area contributed by atoms with E-state index >= 15 is 0 Å². The molecule has 1 aromatic rings. The van der Waals surface area contributed by atoms with Gasteiger partial charge in [-0.15, -0.1) is 0 Å². The van der Waals surface area contributed by atoms with Gasteiger partial charge in [0.1, 0.15) is 5.82 Å². The van der Waals surface area contributed by atoms with Crippen LogP contribution in [0.2, 0.25) is 0 Å². The Morgan fingerprint density at radius 1 is 1.56 bits per heavy atom. The highest BCUT2D eigenvalue weighted by atomic mass is 79.9. The van der Waals surface area contributed by atoms with Gasteiger partial charge in [0.05, 0.1) is 22.1 Å². The summed E-state index contributed by atoms with van der Waals surface area (Å²) in [4.78, 5) is 10.1. The number of benzene rings is 1. The predicted molar refractivity (Wildman–Crippen MR) is 69.4 cm³/mol. The van der Waals surface area contributed by atoms with E-state index in [1.807, 2.05) is 6.92 Å². The second-order valence-electron chi connectivity index (χ2n) is 3.55. The van der Waals surface area contributed by atoms with Crippen molar-refractivity contribution >= 4 is 21.6 Å². The van der Waals surface area contributed by atoms with Gasteiger partial charge in [-0.05, 0) is 41.5 Å². The highest BCUT2D eigenvalue weighted by molar-refractivity contribution is 9.10. The maximum atomic E-state index is 13.1. The molecule has 100 valence electrons. The Morgan fingerprint density at radius 3 is 2.89 bits per heavy atom. The fourth-order valence-corrected chi connectivity index (χ4v) is 1.91. The second kappa shape index (κ2) is 7.27. The Morgan fingerprint density at radius 2 is 2.28 bits per heavy atom. The molecule has 7 heteroatoms. The third kappa shape index (κ3) is 4.23. The molecule has 0 amide bonds. The highest BCUT2D eigenvalue weighted by Gasteiger charge is 2.20. The molecule has 0 atom stereocenters. The lowest BCUT2D eigenvalue weighted by atomic mass is 10.3. The predicted octanol–water partition coefficient (Wildman–Crippen LogP) is 2.87. The van der Waals surface area contributed by atoms with Crippen LogP contribution in [0.4, 0.5) is 10.1 Å². The summed E-state index contributed by atoms with van der Waals surface area (Å²) in [5.41, 5.74) is -0.370. The van der Waals surface area contributed by atoms with E-state index in [0.29, 0.717) is 6.61 Å². The SMILES string of the molecule is CCNCCCOc1c(Br)cc(F)cc1[N+](=O)[O-]. The van der Waals surface area contributed by atoms with E-state index in [1.54, 1.807) is 0 Å². The molecule has 1 aromatic carbocycles. The van der Waals surface area contributed by atoms with Crippen molar-refractivity contribution < 1.29 is 14.1 Å². The highest BCUT2D eigenvalue weighted by Crippen LogP contribution is 2.35. The molecule has 18 heavy (non-hydrogen) atoms. The minimum absolute atomic E-state index is 0.0675. The molecule has 0 radical (unpaired) electrons. The Hall–Kier alpha value is -1.21. The zero-order chi connectivity index (χ0) is 13.5. The summed E-state index contributed by atoms with van der Waals surface area (Å²) in [6, 6.07) is 2.00. The van der Waals surface area contributed by atoms with E-state index in [0.717, 1.165) is 31.6 Å². The van der Waals surface area contributed by atoms with Crippen LogP contribution in [0.1, 0.15) is 13.3 Å². The Balaban J connectivity index is 2.71. The van der Waals surface area contributed by atoms with Crippen LogP contribution < -0.4 is 10.1 Å². The van der Waals surface area contributed by atoms with Crippen LogP contribution in [0.3, 0.4) is 0 Å². The number of hydrogen-bond acceptors (Lipinski definition) is 4. The molecule has 0 aliphatic carbocycles. The van der Waals surface area contributed by atoms with Crippen LogP contribution >= 0.6 is 15.9 Å². The van der Waals surface area contributed by atoms with E-state index in [2.05, 4.69) is 21.2 Å². The van der Waals surface area contributed by atoms with Crippen molar-refractivity contribution in [3.8, 4) is 5.75 Å². The average molecular weight is 321 g/mol. The van der Waals surface area contributed by atoms with Gasteiger partial charge in [0.2, 0.25) is 5.75 Å². The van der Waals surface area contributed by atoms with E-state index < -0.39 is 10.7 Å². The first-order valence-corrected chi connectivity index (χ1v) is 6.32. The molecule has 0 heterocycles. The van der Waals surface area contributed by atoms with Crippen molar-refractivity contribution in [2.75, 3.05) is 19.7 Å². The first kappa shape index (κ1) is 14.8. The molecular weight excluding hydrogens is 307 g/mol. The average Bonchev–Trinajstić information content (AvgIpc) is 2.30. The summed E-state index contributed by atoms with van der Waals surface area (Å²) in [6.07, 6.45) is 0.717. The number of rotatable bonds is 7. The molecular formula is C11H14BrFN2O3. The first-order valence-electron chi connectivity index (χ1n) is 5.53. The number of hydrogen-bond donors (Lipinski definition) is 1. The number of halogens is 2. The molecule has 0 saturated carbocycles. The summed E-state index contributed by atoms with van der Waals surface area (Å²) in [5.74, 6) is -0.605. The van der Waals surface area contributed by atoms with Gasteiger partial charge in [-0.1, -0.05) is 6.92 Å². The molecule has 0 bridgehead atoms. The topological polar surface area (TPSA) is 64.4 Å². The fourth-order valence-electron chi connectivity index (χ4n) is 1.37. The van der Waals surface area contributed by atoms with Crippen molar-refractivity contribution in [2.45, 2.75) is 13.3 Å². The molecule has 0 aliphatic rings. The second-order valence-corrected chi connectivity index (χ2v) is 4.40. The Labute approximate surface area is 113 Å². The zero-order valence-electron chi connectivity index (χ0n) is 9.91. The number of nitro groups is 1. The lowest BCUT2D eigenvalue weighted by molar-refractivity contribution is -0.386. The zero-order valence-corrected chi connectivity index (χ0v) is 11.5. The molecule has 0 unspecified atom stereocenters. The monoisotopic (exact) mass is 320 g/mol. The van der Waals surface area contributed by atoms with Gasteiger partial charge in [0, 0.05) is 0 Å². The van der Waals surface area contributed by atoms with Crippen LogP contribution in [-0.4, -0.2) is 24.6 Å². The molecule has 0 saturated heterocycles. The number of nitrogens with zero attached hydrogens (tertiary/aromatic N) is 1.